The lowest BCUT2D eigenvalue weighted by atomic mass is 10.3. The van der Waals surface area contributed by atoms with E-state index >= 15 is 0 Å². The van der Waals surface area contributed by atoms with Gasteiger partial charge >= 0.3 is 0 Å². The van der Waals surface area contributed by atoms with Gasteiger partial charge in [-0.05, 0) is 14.0 Å². The van der Waals surface area contributed by atoms with Gasteiger partial charge in [-0.25, -0.2) is 4.98 Å². The maximum absolute atomic E-state index is 9.43. The van der Waals surface area contributed by atoms with Crippen LogP contribution in [0.3, 0.4) is 0 Å². The Morgan fingerprint density at radius 3 is 2.93 bits per heavy atom. The molecule has 0 aliphatic carbocycles. The van der Waals surface area contributed by atoms with Gasteiger partial charge in [-0.3, -0.25) is 4.90 Å². The van der Waals surface area contributed by atoms with Crippen LogP contribution in [0, 0.1) is 6.92 Å². The highest BCUT2D eigenvalue weighted by Gasteiger charge is 2.09. The molecule has 0 saturated heterocycles. The molecule has 80 valence electrons. The topological polar surface area (TPSA) is 36.4 Å². The summed E-state index contributed by atoms with van der Waals surface area (Å²) in [6, 6.07) is 0. The third-order valence-electron chi connectivity index (χ3n) is 1.96. The van der Waals surface area contributed by atoms with E-state index in [1.165, 1.54) is 4.88 Å². The fourth-order valence-corrected chi connectivity index (χ4v) is 2.26. The monoisotopic (exact) mass is 278 g/mol. The van der Waals surface area contributed by atoms with Crippen LogP contribution in [-0.4, -0.2) is 40.0 Å². The Bertz CT molecular complexity index is 280. The number of alkyl halides is 1. The van der Waals surface area contributed by atoms with Crippen molar-refractivity contribution in [1.29, 1.82) is 0 Å². The molecule has 5 heteroatoms. The molecule has 0 radical (unpaired) electrons. The Morgan fingerprint density at radius 2 is 2.43 bits per heavy atom. The molecule has 14 heavy (non-hydrogen) atoms. The molecule has 1 aromatic heterocycles. The van der Waals surface area contributed by atoms with E-state index in [-0.39, 0.29) is 6.10 Å². The summed E-state index contributed by atoms with van der Waals surface area (Å²) < 4.78 is 0. The molecule has 0 aliphatic rings. The third-order valence-corrected chi connectivity index (χ3v) is 3.63. The smallest absolute Gasteiger partial charge is 0.0798 e. The van der Waals surface area contributed by atoms with Crippen LogP contribution in [0.15, 0.2) is 5.51 Å². The highest BCUT2D eigenvalue weighted by atomic mass is 79.9. The maximum atomic E-state index is 9.43. The molecule has 1 aromatic rings. The molecule has 1 N–H and O–H groups in total. The van der Waals surface area contributed by atoms with Crippen LogP contribution in [0.1, 0.15) is 10.6 Å². The van der Waals surface area contributed by atoms with Crippen molar-refractivity contribution in [1.82, 2.24) is 9.88 Å². The summed E-state index contributed by atoms with van der Waals surface area (Å²) >= 11 is 4.92. The van der Waals surface area contributed by atoms with Gasteiger partial charge in [0.2, 0.25) is 0 Å². The van der Waals surface area contributed by atoms with Gasteiger partial charge in [-0.1, -0.05) is 15.9 Å². The minimum Gasteiger partial charge on any atom is -0.391 e. The molecule has 0 fully saturated rings. The number of aliphatic hydroxyl groups is 1. The fraction of sp³-hybridized carbons (Fsp3) is 0.667. The van der Waals surface area contributed by atoms with Gasteiger partial charge in [0, 0.05) is 23.3 Å². The fourth-order valence-electron chi connectivity index (χ4n) is 1.20. The zero-order valence-electron chi connectivity index (χ0n) is 8.40. The molecule has 3 nitrogen and oxygen atoms in total. The average Bonchev–Trinajstić information content (AvgIpc) is 2.51. The first-order chi connectivity index (χ1) is 6.63. The van der Waals surface area contributed by atoms with Gasteiger partial charge in [0.1, 0.15) is 0 Å². The zero-order chi connectivity index (χ0) is 10.6. The minimum absolute atomic E-state index is 0.298. The second-order valence-corrected chi connectivity index (χ2v) is 4.95. The number of hydrogen-bond donors (Lipinski definition) is 1. The Hall–Kier alpha value is 0.0300. The zero-order valence-corrected chi connectivity index (χ0v) is 10.8. The number of aliphatic hydroxyl groups excluding tert-OH is 1. The van der Waals surface area contributed by atoms with E-state index in [1.807, 2.05) is 19.5 Å². The van der Waals surface area contributed by atoms with Gasteiger partial charge in [0.05, 0.1) is 17.3 Å². The molecule has 1 heterocycles. The van der Waals surface area contributed by atoms with Crippen molar-refractivity contribution < 1.29 is 5.11 Å². The van der Waals surface area contributed by atoms with Crippen LogP contribution in [-0.2, 0) is 6.54 Å². The Morgan fingerprint density at radius 1 is 1.71 bits per heavy atom. The van der Waals surface area contributed by atoms with Gasteiger partial charge in [-0.2, -0.15) is 0 Å². The molecular weight excluding hydrogens is 264 g/mol. The number of nitrogens with zero attached hydrogens (tertiary/aromatic N) is 2. The van der Waals surface area contributed by atoms with Crippen molar-refractivity contribution >= 4 is 27.3 Å². The first-order valence-corrected chi connectivity index (χ1v) is 6.45. The Labute approximate surface area is 96.9 Å². The van der Waals surface area contributed by atoms with Crippen LogP contribution in [0.4, 0.5) is 0 Å². The van der Waals surface area contributed by atoms with Crippen LogP contribution >= 0.6 is 27.3 Å². The van der Waals surface area contributed by atoms with Crippen molar-refractivity contribution in [2.75, 3.05) is 18.9 Å². The SMILES string of the molecule is Cc1ncsc1CN(C)CC(O)CBr. The molecule has 1 atom stereocenters. The predicted molar refractivity (Wildman–Crippen MR) is 63.0 cm³/mol. The average molecular weight is 279 g/mol. The van der Waals surface area contributed by atoms with E-state index in [0.29, 0.717) is 11.9 Å². The standard InChI is InChI=1S/C9H15BrN2OS/c1-7-9(14-6-11-7)5-12(2)4-8(13)3-10/h6,8,13H,3-5H2,1-2H3. The molecule has 1 rings (SSSR count). The number of aromatic nitrogens is 1. The Kier molecular flexibility index (Phi) is 5.01. The van der Waals surface area contributed by atoms with E-state index in [0.717, 1.165) is 12.2 Å². The summed E-state index contributed by atoms with van der Waals surface area (Å²) in [6.07, 6.45) is -0.298. The van der Waals surface area contributed by atoms with Crippen LogP contribution in [0.5, 0.6) is 0 Å². The second kappa shape index (κ2) is 5.80. The molecule has 0 amide bonds. The second-order valence-electron chi connectivity index (χ2n) is 3.37. The highest BCUT2D eigenvalue weighted by molar-refractivity contribution is 9.09. The van der Waals surface area contributed by atoms with Crippen molar-refractivity contribution in [2.24, 2.45) is 0 Å². The normalized spacial score (nSPS) is 13.5. The van der Waals surface area contributed by atoms with Crippen LogP contribution in [0.2, 0.25) is 0 Å². The number of likely N-dealkylation sites (N-methyl/N-ethyl adjacent to an activating group) is 1. The van der Waals surface area contributed by atoms with Crippen LogP contribution in [0.25, 0.3) is 0 Å². The summed E-state index contributed by atoms with van der Waals surface area (Å²) in [4.78, 5) is 7.57. The van der Waals surface area contributed by atoms with Gasteiger partial charge in [0.25, 0.3) is 0 Å². The summed E-state index contributed by atoms with van der Waals surface area (Å²) in [7, 11) is 2.00. The molecule has 1 unspecified atom stereocenters. The summed E-state index contributed by atoms with van der Waals surface area (Å²) in [6.45, 7) is 3.56. The van der Waals surface area contributed by atoms with Gasteiger partial charge < -0.3 is 5.11 Å². The minimum atomic E-state index is -0.298. The predicted octanol–water partition coefficient (Wildman–Crippen LogP) is 1.64. The number of hydrogen-bond acceptors (Lipinski definition) is 4. The van der Waals surface area contributed by atoms with Gasteiger partial charge in [0.15, 0.2) is 0 Å². The lowest BCUT2D eigenvalue weighted by Gasteiger charge is -2.18. The van der Waals surface area contributed by atoms with Crippen molar-refractivity contribution in [3.8, 4) is 0 Å². The van der Waals surface area contributed by atoms with Gasteiger partial charge in [-0.15, -0.1) is 11.3 Å². The van der Waals surface area contributed by atoms with Crippen LogP contribution < -0.4 is 0 Å². The van der Waals surface area contributed by atoms with E-state index in [9.17, 15) is 5.11 Å². The first-order valence-electron chi connectivity index (χ1n) is 4.45. The van der Waals surface area contributed by atoms with E-state index in [2.05, 4.69) is 25.8 Å². The lowest BCUT2D eigenvalue weighted by Crippen LogP contribution is -2.29. The number of rotatable bonds is 5. The lowest BCUT2D eigenvalue weighted by molar-refractivity contribution is 0.143. The van der Waals surface area contributed by atoms with Crippen molar-refractivity contribution in [2.45, 2.75) is 19.6 Å². The van der Waals surface area contributed by atoms with E-state index < -0.39 is 0 Å². The molecule has 0 saturated carbocycles. The quantitative estimate of drug-likeness (QED) is 0.832. The maximum Gasteiger partial charge on any atom is 0.0798 e. The Balaban J connectivity index is 2.41. The molecule has 0 aromatic carbocycles. The molecular formula is C9H15BrN2OS. The van der Waals surface area contributed by atoms with E-state index in [1.54, 1.807) is 11.3 Å². The summed E-state index contributed by atoms with van der Waals surface area (Å²) in [5, 5.41) is 10.0. The van der Waals surface area contributed by atoms with Crippen molar-refractivity contribution in [3.05, 3.63) is 16.1 Å². The highest BCUT2D eigenvalue weighted by Crippen LogP contribution is 2.14. The summed E-state index contributed by atoms with van der Waals surface area (Å²) in [5.74, 6) is 0. The molecule has 0 spiro atoms. The first kappa shape index (κ1) is 12.1. The number of aryl methyl sites for hydroxylation is 1. The van der Waals surface area contributed by atoms with E-state index in [4.69, 9.17) is 0 Å². The number of thiazole rings is 1. The largest absolute Gasteiger partial charge is 0.391 e. The number of halogens is 1. The third kappa shape index (κ3) is 3.65. The molecule has 0 aliphatic heterocycles. The molecule has 0 bridgehead atoms. The van der Waals surface area contributed by atoms with Crippen molar-refractivity contribution in [3.63, 3.8) is 0 Å². The summed E-state index contributed by atoms with van der Waals surface area (Å²) in [5.41, 5.74) is 2.95.